The third kappa shape index (κ3) is 3.65. The van der Waals surface area contributed by atoms with Crippen molar-refractivity contribution in [2.24, 2.45) is 0 Å². The normalized spacial score (nSPS) is 22.0. The highest BCUT2D eigenvalue weighted by molar-refractivity contribution is 9.10. The van der Waals surface area contributed by atoms with Gasteiger partial charge in [-0.2, -0.15) is 0 Å². The van der Waals surface area contributed by atoms with E-state index in [1.807, 2.05) is 0 Å². The zero-order valence-electron chi connectivity index (χ0n) is 11.7. The van der Waals surface area contributed by atoms with E-state index < -0.39 is 25.9 Å². The molecule has 0 radical (unpaired) electrons. The summed E-state index contributed by atoms with van der Waals surface area (Å²) in [4.78, 5) is 0.142. The SMILES string of the molecule is CN(C)N([C@H]1CCS(=O)(=O)C1)S(=O)(=O)c1ccc(Br)cc1. The number of hydrazine groups is 1. The van der Waals surface area contributed by atoms with Crippen molar-refractivity contribution in [2.45, 2.75) is 17.4 Å². The van der Waals surface area contributed by atoms with Crippen LogP contribution >= 0.6 is 15.9 Å². The molecule has 1 aromatic carbocycles. The minimum Gasteiger partial charge on any atom is -0.234 e. The third-order valence-electron chi connectivity index (χ3n) is 3.27. The first-order valence-corrected chi connectivity index (χ1v) is 10.4. The first-order chi connectivity index (χ1) is 9.63. The lowest BCUT2D eigenvalue weighted by Gasteiger charge is -2.32. The van der Waals surface area contributed by atoms with Crippen molar-refractivity contribution < 1.29 is 16.8 Å². The molecule has 0 bridgehead atoms. The van der Waals surface area contributed by atoms with Gasteiger partial charge in [0.1, 0.15) is 0 Å². The van der Waals surface area contributed by atoms with E-state index in [0.29, 0.717) is 6.42 Å². The highest BCUT2D eigenvalue weighted by atomic mass is 79.9. The van der Waals surface area contributed by atoms with Crippen molar-refractivity contribution in [3.05, 3.63) is 28.7 Å². The molecule has 0 amide bonds. The maximum atomic E-state index is 12.8. The molecule has 9 heteroatoms. The van der Waals surface area contributed by atoms with Crippen LogP contribution in [-0.4, -0.2) is 57.9 Å². The van der Waals surface area contributed by atoms with Gasteiger partial charge >= 0.3 is 0 Å². The Labute approximate surface area is 133 Å². The molecule has 0 aromatic heterocycles. The molecule has 6 nitrogen and oxygen atoms in total. The molecular weight excluding hydrogens is 380 g/mol. The fourth-order valence-corrected chi connectivity index (χ4v) is 6.15. The van der Waals surface area contributed by atoms with E-state index in [0.717, 1.165) is 4.47 Å². The van der Waals surface area contributed by atoms with E-state index in [4.69, 9.17) is 0 Å². The van der Waals surface area contributed by atoms with E-state index in [9.17, 15) is 16.8 Å². The molecule has 0 N–H and O–H groups in total. The summed E-state index contributed by atoms with van der Waals surface area (Å²) in [6.07, 6.45) is 0.316. The lowest BCUT2D eigenvalue weighted by Crippen LogP contribution is -2.49. The van der Waals surface area contributed by atoms with Crippen LogP contribution in [0.5, 0.6) is 0 Å². The largest absolute Gasteiger partial charge is 0.256 e. The second kappa shape index (κ2) is 5.96. The Morgan fingerprint density at radius 1 is 1.19 bits per heavy atom. The van der Waals surface area contributed by atoms with Crippen molar-refractivity contribution in [3.63, 3.8) is 0 Å². The number of hydrogen-bond donors (Lipinski definition) is 0. The van der Waals surface area contributed by atoms with Crippen LogP contribution in [0.3, 0.4) is 0 Å². The molecule has 1 aliphatic rings. The average molecular weight is 397 g/mol. The molecular formula is C12H17BrN2O4S2. The second-order valence-corrected chi connectivity index (χ2v) is 10.1. The van der Waals surface area contributed by atoms with Gasteiger partial charge in [-0.3, -0.25) is 0 Å². The van der Waals surface area contributed by atoms with Crippen molar-refractivity contribution in [1.29, 1.82) is 0 Å². The van der Waals surface area contributed by atoms with Gasteiger partial charge < -0.3 is 0 Å². The Balaban J connectivity index is 2.40. The number of benzene rings is 1. The van der Waals surface area contributed by atoms with Gasteiger partial charge in [-0.05, 0) is 30.7 Å². The summed E-state index contributed by atoms with van der Waals surface area (Å²) in [5.41, 5.74) is 0. The molecule has 1 aromatic rings. The minimum absolute atomic E-state index is 0.0257. The van der Waals surface area contributed by atoms with Gasteiger partial charge in [-0.1, -0.05) is 15.9 Å². The van der Waals surface area contributed by atoms with Crippen LogP contribution in [0.25, 0.3) is 0 Å². The Morgan fingerprint density at radius 3 is 2.19 bits per heavy atom. The smallest absolute Gasteiger partial charge is 0.234 e. The van der Waals surface area contributed by atoms with Gasteiger partial charge in [0, 0.05) is 18.6 Å². The Hall–Kier alpha value is -0.480. The molecule has 1 fully saturated rings. The molecule has 21 heavy (non-hydrogen) atoms. The van der Waals surface area contributed by atoms with Crippen LogP contribution < -0.4 is 0 Å². The summed E-state index contributed by atoms with van der Waals surface area (Å²) >= 11 is 3.26. The third-order valence-corrected chi connectivity index (χ3v) is 7.54. The van der Waals surface area contributed by atoms with E-state index in [1.165, 1.54) is 21.6 Å². The number of rotatable bonds is 4. The van der Waals surface area contributed by atoms with Gasteiger partial charge in [-0.15, -0.1) is 4.41 Å². The Kier molecular flexibility index (Phi) is 4.79. The van der Waals surface area contributed by atoms with Gasteiger partial charge in [0.25, 0.3) is 10.0 Å². The summed E-state index contributed by atoms with van der Waals surface area (Å²) in [6.45, 7) is 0. The van der Waals surface area contributed by atoms with E-state index in [1.54, 1.807) is 26.2 Å². The predicted octanol–water partition coefficient (Wildman–Crippen LogP) is 1.10. The van der Waals surface area contributed by atoms with Gasteiger partial charge in [-0.25, -0.2) is 21.8 Å². The zero-order valence-corrected chi connectivity index (χ0v) is 14.9. The Morgan fingerprint density at radius 2 is 1.76 bits per heavy atom. The number of nitrogens with zero attached hydrogens (tertiary/aromatic N) is 2. The Bertz CT molecular complexity index is 714. The lowest BCUT2D eigenvalue weighted by molar-refractivity contribution is 0.0893. The lowest BCUT2D eigenvalue weighted by atomic mass is 10.3. The summed E-state index contributed by atoms with van der Waals surface area (Å²) < 4.78 is 50.7. The standard InChI is InChI=1S/C12H17BrN2O4S2/c1-14(2)15(11-7-8-20(16,17)9-11)21(18,19)12-5-3-10(13)4-6-12/h3-6,11H,7-9H2,1-2H3/t11-/m0/s1. The molecule has 1 aliphatic heterocycles. The molecule has 0 unspecified atom stereocenters. The first-order valence-electron chi connectivity index (χ1n) is 6.31. The molecule has 0 spiro atoms. The van der Waals surface area contributed by atoms with E-state index >= 15 is 0 Å². The predicted molar refractivity (Wildman–Crippen MR) is 83.9 cm³/mol. The molecule has 1 saturated heterocycles. The fraction of sp³-hybridized carbons (Fsp3) is 0.500. The van der Waals surface area contributed by atoms with Gasteiger partial charge in [0.2, 0.25) is 0 Å². The molecule has 0 aliphatic carbocycles. The monoisotopic (exact) mass is 396 g/mol. The highest BCUT2D eigenvalue weighted by Gasteiger charge is 2.40. The van der Waals surface area contributed by atoms with Crippen LogP contribution in [0.4, 0.5) is 0 Å². The van der Waals surface area contributed by atoms with Crippen molar-refractivity contribution in [2.75, 3.05) is 25.6 Å². The van der Waals surface area contributed by atoms with Crippen molar-refractivity contribution >= 4 is 35.8 Å². The number of halogens is 1. The van der Waals surface area contributed by atoms with Crippen LogP contribution in [0.2, 0.25) is 0 Å². The van der Waals surface area contributed by atoms with Crippen molar-refractivity contribution in [1.82, 2.24) is 9.42 Å². The molecule has 0 saturated carbocycles. The van der Waals surface area contributed by atoms with E-state index in [-0.39, 0.29) is 16.4 Å². The van der Waals surface area contributed by atoms with Crippen molar-refractivity contribution in [3.8, 4) is 0 Å². The fourth-order valence-electron chi connectivity index (χ4n) is 2.40. The zero-order chi connectivity index (χ0) is 15.8. The molecule has 118 valence electrons. The number of sulfonamides is 1. The maximum Gasteiger partial charge on any atom is 0.256 e. The summed E-state index contributed by atoms with van der Waals surface area (Å²) in [6, 6.07) is 5.73. The van der Waals surface area contributed by atoms with Crippen LogP contribution in [-0.2, 0) is 19.9 Å². The van der Waals surface area contributed by atoms with Crippen LogP contribution in [0.1, 0.15) is 6.42 Å². The number of hydrogen-bond acceptors (Lipinski definition) is 5. The quantitative estimate of drug-likeness (QED) is 0.712. The van der Waals surface area contributed by atoms with Gasteiger partial charge in [0.15, 0.2) is 9.84 Å². The van der Waals surface area contributed by atoms with E-state index in [2.05, 4.69) is 15.9 Å². The maximum absolute atomic E-state index is 12.8. The van der Waals surface area contributed by atoms with Crippen LogP contribution in [0, 0.1) is 0 Å². The molecule has 1 atom stereocenters. The average Bonchev–Trinajstić information content (AvgIpc) is 2.69. The topological polar surface area (TPSA) is 74.8 Å². The summed E-state index contributed by atoms with van der Waals surface area (Å²) in [7, 11) is -3.74. The number of sulfone groups is 1. The second-order valence-electron chi connectivity index (χ2n) is 5.14. The minimum atomic E-state index is -3.78. The van der Waals surface area contributed by atoms with Gasteiger partial charge in [0.05, 0.1) is 22.4 Å². The summed E-state index contributed by atoms with van der Waals surface area (Å²) in [5.74, 6) is -0.112. The molecule has 1 heterocycles. The highest BCUT2D eigenvalue weighted by Crippen LogP contribution is 2.26. The first kappa shape index (κ1) is 16.9. The molecule has 2 rings (SSSR count). The van der Waals surface area contributed by atoms with Crippen LogP contribution in [0.15, 0.2) is 33.6 Å². The summed E-state index contributed by atoms with van der Waals surface area (Å²) in [5, 5.41) is 1.43.